The predicted octanol–water partition coefficient (Wildman–Crippen LogP) is 5.96. The van der Waals surface area contributed by atoms with Crippen molar-refractivity contribution in [1.29, 1.82) is 0 Å². The van der Waals surface area contributed by atoms with Crippen LogP contribution < -0.4 is 10.6 Å². The zero-order valence-corrected chi connectivity index (χ0v) is 16.5. The summed E-state index contributed by atoms with van der Waals surface area (Å²) in [4.78, 5) is 13.4. The second kappa shape index (κ2) is 8.30. The fraction of sp³-hybridized carbons (Fsp3) is 0.318. The topological polar surface area (TPSA) is 62.7 Å². The van der Waals surface area contributed by atoms with Gasteiger partial charge in [-0.3, -0.25) is 4.98 Å². The number of nitrogens with zero attached hydrogens (tertiary/aromatic N) is 3. The molecule has 8 heteroatoms. The molecule has 5 nitrogen and oxygen atoms in total. The van der Waals surface area contributed by atoms with Crippen molar-refractivity contribution in [1.82, 2.24) is 15.0 Å². The molecule has 4 rings (SSSR count). The summed E-state index contributed by atoms with van der Waals surface area (Å²) in [5.41, 5.74) is 1.06. The lowest BCUT2D eigenvalue weighted by atomic mass is 10.1. The minimum Gasteiger partial charge on any atom is -0.351 e. The van der Waals surface area contributed by atoms with E-state index in [2.05, 4.69) is 25.6 Å². The highest BCUT2D eigenvalue weighted by molar-refractivity contribution is 5.67. The van der Waals surface area contributed by atoms with Gasteiger partial charge in [0.1, 0.15) is 5.82 Å². The monoisotopic (exact) mass is 413 g/mol. The number of nitrogens with one attached hydrogen (secondary N) is 2. The van der Waals surface area contributed by atoms with Crippen LogP contribution in [0.5, 0.6) is 0 Å². The first-order valence-corrected chi connectivity index (χ1v) is 9.91. The Morgan fingerprint density at radius 2 is 1.77 bits per heavy atom. The first kappa shape index (κ1) is 20.1. The molecule has 1 aromatic carbocycles. The molecule has 2 aromatic heterocycles. The molecule has 0 aliphatic heterocycles. The summed E-state index contributed by atoms with van der Waals surface area (Å²) < 4.78 is 39.8. The van der Waals surface area contributed by atoms with E-state index in [-0.39, 0.29) is 5.56 Å². The Labute approximate surface area is 172 Å². The van der Waals surface area contributed by atoms with E-state index in [1.165, 1.54) is 13.0 Å². The van der Waals surface area contributed by atoms with Crippen LogP contribution in [-0.4, -0.2) is 21.0 Å². The molecule has 30 heavy (non-hydrogen) atoms. The second-order valence-electron chi connectivity index (χ2n) is 7.40. The fourth-order valence-corrected chi connectivity index (χ4v) is 3.69. The summed E-state index contributed by atoms with van der Waals surface area (Å²) in [6.45, 7) is 1.45. The summed E-state index contributed by atoms with van der Waals surface area (Å²) in [6, 6.07) is 11.6. The Morgan fingerprint density at radius 1 is 0.967 bits per heavy atom. The molecule has 156 valence electrons. The molecule has 1 aliphatic carbocycles. The van der Waals surface area contributed by atoms with Gasteiger partial charge in [-0.1, -0.05) is 25.0 Å². The lowest BCUT2D eigenvalue weighted by molar-refractivity contribution is -0.138. The summed E-state index contributed by atoms with van der Waals surface area (Å²) >= 11 is 0. The van der Waals surface area contributed by atoms with Crippen molar-refractivity contribution in [3.8, 4) is 11.4 Å². The summed E-state index contributed by atoms with van der Waals surface area (Å²) in [5.74, 6) is 0.853. The van der Waals surface area contributed by atoms with E-state index in [1.807, 2.05) is 18.2 Å². The van der Waals surface area contributed by atoms with Crippen molar-refractivity contribution in [3.05, 3.63) is 59.8 Å². The first-order valence-electron chi connectivity index (χ1n) is 9.91. The van der Waals surface area contributed by atoms with Crippen LogP contribution in [0.1, 0.15) is 36.8 Å². The number of rotatable bonds is 5. The van der Waals surface area contributed by atoms with E-state index in [0.29, 0.717) is 34.9 Å². The molecule has 0 bridgehead atoms. The Kier molecular flexibility index (Phi) is 5.57. The molecule has 0 radical (unpaired) electrons. The third-order valence-electron chi connectivity index (χ3n) is 5.24. The largest absolute Gasteiger partial charge is 0.416 e. The van der Waals surface area contributed by atoms with E-state index in [0.717, 1.165) is 31.7 Å². The normalized spacial score (nSPS) is 14.7. The lowest BCUT2D eigenvalue weighted by Crippen LogP contribution is -2.17. The molecule has 2 N–H and O–H groups in total. The maximum Gasteiger partial charge on any atom is 0.416 e. The van der Waals surface area contributed by atoms with Gasteiger partial charge >= 0.3 is 6.18 Å². The Hall–Kier alpha value is -3.16. The molecule has 2 heterocycles. The van der Waals surface area contributed by atoms with Crippen LogP contribution in [0.3, 0.4) is 0 Å². The van der Waals surface area contributed by atoms with Gasteiger partial charge in [0, 0.05) is 24.0 Å². The quantitative estimate of drug-likeness (QED) is 0.540. The molecule has 1 fully saturated rings. The highest BCUT2D eigenvalue weighted by Gasteiger charge is 2.33. The Balaban J connectivity index is 1.70. The minimum absolute atomic E-state index is 0.119. The van der Waals surface area contributed by atoms with Crippen LogP contribution in [0.25, 0.3) is 11.4 Å². The second-order valence-corrected chi connectivity index (χ2v) is 7.40. The van der Waals surface area contributed by atoms with Gasteiger partial charge in [0.15, 0.2) is 0 Å². The van der Waals surface area contributed by atoms with Crippen molar-refractivity contribution >= 4 is 17.5 Å². The zero-order chi connectivity index (χ0) is 21.1. The van der Waals surface area contributed by atoms with E-state index in [9.17, 15) is 13.2 Å². The van der Waals surface area contributed by atoms with Crippen LogP contribution in [0.2, 0.25) is 0 Å². The average Bonchev–Trinajstić information content (AvgIpc) is 3.22. The van der Waals surface area contributed by atoms with Crippen molar-refractivity contribution in [2.24, 2.45) is 0 Å². The van der Waals surface area contributed by atoms with Gasteiger partial charge in [-0.05, 0) is 49.6 Å². The van der Waals surface area contributed by atoms with Crippen LogP contribution in [0.15, 0.2) is 48.7 Å². The van der Waals surface area contributed by atoms with Crippen LogP contribution in [0.4, 0.5) is 30.6 Å². The number of hydrogen-bond acceptors (Lipinski definition) is 5. The molecule has 1 saturated carbocycles. The molecule has 1 aliphatic rings. The first-order chi connectivity index (χ1) is 14.4. The smallest absolute Gasteiger partial charge is 0.351 e. The van der Waals surface area contributed by atoms with Gasteiger partial charge in [-0.25, -0.2) is 4.98 Å². The van der Waals surface area contributed by atoms with Gasteiger partial charge in [0.05, 0.1) is 17.0 Å². The number of hydrogen-bond donors (Lipinski definition) is 2. The van der Waals surface area contributed by atoms with Gasteiger partial charge in [-0.15, -0.1) is 0 Å². The molecule has 0 amide bonds. The van der Waals surface area contributed by atoms with Gasteiger partial charge in [-0.2, -0.15) is 18.2 Å². The lowest BCUT2D eigenvalue weighted by Gasteiger charge is -2.17. The van der Waals surface area contributed by atoms with Gasteiger partial charge in [0.25, 0.3) is 0 Å². The number of halogens is 3. The van der Waals surface area contributed by atoms with Crippen molar-refractivity contribution < 1.29 is 13.2 Å². The highest BCUT2D eigenvalue weighted by atomic mass is 19.4. The van der Waals surface area contributed by atoms with E-state index in [1.54, 1.807) is 18.3 Å². The van der Waals surface area contributed by atoms with Gasteiger partial charge < -0.3 is 10.6 Å². The highest BCUT2D eigenvalue weighted by Crippen LogP contribution is 2.35. The van der Waals surface area contributed by atoms with E-state index < -0.39 is 11.7 Å². The van der Waals surface area contributed by atoms with E-state index >= 15 is 0 Å². The number of aromatic nitrogens is 3. The number of anilines is 3. The van der Waals surface area contributed by atoms with Crippen molar-refractivity contribution in [2.75, 3.05) is 10.6 Å². The molecular weight excluding hydrogens is 391 g/mol. The SMILES string of the molecule is Cc1c(Nc2cc(-c3ccccn3)nc(NC3CCCC3)n2)cccc1C(F)(F)F. The van der Waals surface area contributed by atoms with Crippen LogP contribution >= 0.6 is 0 Å². The van der Waals surface area contributed by atoms with Crippen molar-refractivity contribution in [2.45, 2.75) is 44.8 Å². The fourth-order valence-electron chi connectivity index (χ4n) is 3.69. The van der Waals surface area contributed by atoms with Gasteiger partial charge in [0.2, 0.25) is 5.95 Å². The minimum atomic E-state index is -4.41. The molecular formula is C22H22F3N5. The van der Waals surface area contributed by atoms with E-state index in [4.69, 9.17) is 0 Å². The maximum atomic E-state index is 13.3. The third-order valence-corrected chi connectivity index (χ3v) is 5.24. The predicted molar refractivity (Wildman–Crippen MR) is 111 cm³/mol. The van der Waals surface area contributed by atoms with Crippen LogP contribution in [-0.2, 0) is 6.18 Å². The number of benzene rings is 1. The Bertz CT molecular complexity index is 1020. The summed E-state index contributed by atoms with van der Waals surface area (Å²) in [7, 11) is 0. The number of pyridine rings is 1. The third kappa shape index (κ3) is 4.53. The van der Waals surface area contributed by atoms with Crippen LogP contribution in [0, 0.1) is 6.92 Å². The summed E-state index contributed by atoms with van der Waals surface area (Å²) in [5, 5.41) is 6.40. The standard InChI is InChI=1S/C22H22F3N5/c1-14-16(22(23,24)25)9-6-11-17(14)28-20-13-19(18-10-4-5-12-26-18)29-21(30-20)27-15-7-2-3-8-15/h4-6,9-13,15H,2-3,7-8H2,1H3,(H2,27,28,29,30). The molecule has 3 aromatic rings. The molecule has 0 spiro atoms. The number of alkyl halides is 3. The average molecular weight is 413 g/mol. The molecule has 0 atom stereocenters. The zero-order valence-electron chi connectivity index (χ0n) is 16.5. The summed E-state index contributed by atoms with van der Waals surface area (Å²) in [6.07, 6.45) is 1.67. The Morgan fingerprint density at radius 3 is 2.47 bits per heavy atom. The van der Waals surface area contributed by atoms with Crippen molar-refractivity contribution in [3.63, 3.8) is 0 Å². The maximum absolute atomic E-state index is 13.3. The molecule has 0 unspecified atom stereocenters. The molecule has 0 saturated heterocycles.